The molecule has 2 aromatic rings. The van der Waals surface area contributed by atoms with Gasteiger partial charge in [-0.1, -0.05) is 0 Å². The Morgan fingerprint density at radius 1 is 1.37 bits per heavy atom. The van der Waals surface area contributed by atoms with Crippen molar-refractivity contribution in [3.8, 4) is 5.75 Å². The smallest absolute Gasteiger partial charge is 0.550 e. The molecule has 0 saturated heterocycles. The molecule has 96 valence electrons. The molecule has 0 unspecified atom stereocenters. The number of ether oxygens (including phenoxy) is 1. The van der Waals surface area contributed by atoms with Gasteiger partial charge in [0.25, 0.3) is 0 Å². The topological polar surface area (TPSA) is 54.3 Å². The van der Waals surface area contributed by atoms with E-state index in [9.17, 15) is 9.90 Å². The fourth-order valence-electron chi connectivity index (χ4n) is 2.14. The molecule has 4 nitrogen and oxygen atoms in total. The summed E-state index contributed by atoms with van der Waals surface area (Å²) in [7, 11) is 0. The van der Waals surface area contributed by atoms with Gasteiger partial charge in [0.05, 0.1) is 6.61 Å². The molecule has 1 aromatic carbocycles. The van der Waals surface area contributed by atoms with E-state index in [1.807, 2.05) is 42.7 Å². The van der Waals surface area contributed by atoms with Gasteiger partial charge in [0, 0.05) is 35.5 Å². The normalized spacial score (nSPS) is 10.2. The van der Waals surface area contributed by atoms with Gasteiger partial charge in [0.2, 0.25) is 0 Å². The Bertz CT molecular complexity index is 577. The summed E-state index contributed by atoms with van der Waals surface area (Å²) in [5, 5.41) is 11.6. The van der Waals surface area contributed by atoms with Crippen molar-refractivity contribution in [2.24, 2.45) is 0 Å². The summed E-state index contributed by atoms with van der Waals surface area (Å²) in [5.41, 5.74) is 2.07. The number of benzene rings is 1. The molecule has 0 aliphatic rings. The van der Waals surface area contributed by atoms with Crippen LogP contribution in [0.2, 0.25) is 0 Å². The Balaban J connectivity index is 0.00000180. The van der Waals surface area contributed by atoms with Crippen molar-refractivity contribution in [2.75, 3.05) is 6.61 Å². The minimum Gasteiger partial charge on any atom is -0.550 e. The van der Waals surface area contributed by atoms with Crippen LogP contribution in [0.3, 0.4) is 0 Å². The zero-order valence-electron chi connectivity index (χ0n) is 11.6. The van der Waals surface area contributed by atoms with Crippen molar-refractivity contribution in [1.29, 1.82) is 0 Å². The van der Waals surface area contributed by atoms with Gasteiger partial charge in [0.1, 0.15) is 5.75 Å². The molecular weight excluding hydrogens is 253 g/mol. The van der Waals surface area contributed by atoms with Crippen LogP contribution in [0.1, 0.15) is 19.0 Å². The third kappa shape index (κ3) is 3.75. The Kier molecular flexibility index (Phi) is 5.91. The summed E-state index contributed by atoms with van der Waals surface area (Å²) in [4.78, 5) is 10.5. The quantitative estimate of drug-likeness (QED) is 0.620. The summed E-state index contributed by atoms with van der Waals surface area (Å²) in [6.07, 6.45) is 0.0256. The van der Waals surface area contributed by atoms with Crippen LogP contribution in [0.5, 0.6) is 5.75 Å². The van der Waals surface area contributed by atoms with Crippen LogP contribution < -0.4 is 39.4 Å². The molecule has 0 fully saturated rings. The van der Waals surface area contributed by atoms with Gasteiger partial charge in [-0.25, -0.2) is 0 Å². The number of carboxylic acid groups (broad SMARTS) is 1. The van der Waals surface area contributed by atoms with E-state index in [2.05, 4.69) is 0 Å². The maximum atomic E-state index is 10.5. The van der Waals surface area contributed by atoms with E-state index < -0.39 is 5.97 Å². The predicted octanol–water partition coefficient (Wildman–Crippen LogP) is -1.51. The number of aromatic nitrogens is 1. The molecular formula is C14H16NNaO3. The maximum absolute atomic E-state index is 10.5. The molecule has 0 bridgehead atoms. The average Bonchev–Trinajstić information content (AvgIpc) is 2.62. The first-order valence-corrected chi connectivity index (χ1v) is 6.04. The summed E-state index contributed by atoms with van der Waals surface area (Å²) in [5.74, 6) is -0.191. The van der Waals surface area contributed by atoms with Crippen LogP contribution >= 0.6 is 0 Å². The second-order valence-corrected chi connectivity index (χ2v) is 4.21. The molecule has 0 N–H and O–H groups in total. The summed E-state index contributed by atoms with van der Waals surface area (Å²) in [6.45, 7) is 4.98. The van der Waals surface area contributed by atoms with Crippen molar-refractivity contribution in [1.82, 2.24) is 4.57 Å². The van der Waals surface area contributed by atoms with Crippen LogP contribution in [0.25, 0.3) is 10.9 Å². The van der Waals surface area contributed by atoms with Gasteiger partial charge in [-0.15, -0.1) is 0 Å². The van der Waals surface area contributed by atoms with E-state index in [1.165, 1.54) is 0 Å². The van der Waals surface area contributed by atoms with Crippen LogP contribution in [-0.2, 0) is 11.3 Å². The van der Waals surface area contributed by atoms with Gasteiger partial charge in [-0.05, 0) is 38.1 Å². The molecule has 0 radical (unpaired) electrons. The SMILES string of the molecule is CCOc1ccc2c(c1)cc(C)n2CCC(=O)[O-].[Na+]. The molecule has 0 aliphatic heterocycles. The third-order valence-electron chi connectivity index (χ3n) is 2.93. The van der Waals surface area contributed by atoms with Crippen LogP contribution in [0, 0.1) is 6.92 Å². The number of carboxylic acids is 1. The molecule has 0 amide bonds. The first-order valence-electron chi connectivity index (χ1n) is 6.04. The number of carbonyl (C=O) groups excluding carboxylic acids is 1. The van der Waals surface area contributed by atoms with E-state index in [4.69, 9.17) is 4.74 Å². The number of hydrogen-bond donors (Lipinski definition) is 0. The minimum absolute atomic E-state index is 0. The second-order valence-electron chi connectivity index (χ2n) is 4.21. The van der Waals surface area contributed by atoms with Crippen molar-refractivity contribution < 1.29 is 44.2 Å². The number of carbonyl (C=O) groups is 1. The van der Waals surface area contributed by atoms with Crippen LogP contribution in [-0.4, -0.2) is 17.1 Å². The van der Waals surface area contributed by atoms with Crippen molar-refractivity contribution in [3.63, 3.8) is 0 Å². The Labute approximate surface area is 134 Å². The standard InChI is InChI=1S/C14H17NO3.Na/c1-3-18-12-4-5-13-11(9-12)8-10(2)15(13)7-6-14(16)17;/h4-5,8-9H,3,6-7H2,1-2H3,(H,16,17);/q;+1/p-1. The van der Waals surface area contributed by atoms with Gasteiger partial charge >= 0.3 is 29.6 Å². The molecule has 0 saturated carbocycles. The van der Waals surface area contributed by atoms with Crippen molar-refractivity contribution >= 4 is 16.9 Å². The second kappa shape index (κ2) is 6.98. The molecule has 2 rings (SSSR count). The van der Waals surface area contributed by atoms with Gasteiger partial charge in [-0.3, -0.25) is 0 Å². The molecule has 0 atom stereocenters. The van der Waals surface area contributed by atoms with Crippen LogP contribution in [0.15, 0.2) is 24.3 Å². The first kappa shape index (κ1) is 16.1. The van der Waals surface area contributed by atoms with E-state index in [0.29, 0.717) is 13.2 Å². The fourth-order valence-corrected chi connectivity index (χ4v) is 2.14. The number of hydrogen-bond acceptors (Lipinski definition) is 3. The zero-order chi connectivity index (χ0) is 13.1. The zero-order valence-corrected chi connectivity index (χ0v) is 13.6. The Morgan fingerprint density at radius 3 is 2.74 bits per heavy atom. The monoisotopic (exact) mass is 269 g/mol. The van der Waals surface area contributed by atoms with Crippen molar-refractivity contribution in [2.45, 2.75) is 26.8 Å². The van der Waals surface area contributed by atoms with E-state index in [0.717, 1.165) is 22.3 Å². The average molecular weight is 269 g/mol. The van der Waals surface area contributed by atoms with Crippen molar-refractivity contribution in [3.05, 3.63) is 30.0 Å². The predicted molar refractivity (Wildman–Crippen MR) is 67.5 cm³/mol. The molecule has 1 heterocycles. The number of fused-ring (bicyclic) bond motifs is 1. The fraction of sp³-hybridized carbons (Fsp3) is 0.357. The number of aliphatic carboxylic acids is 1. The maximum Gasteiger partial charge on any atom is 1.00 e. The van der Waals surface area contributed by atoms with E-state index in [-0.39, 0.29) is 36.0 Å². The first-order chi connectivity index (χ1) is 8.61. The molecule has 1 aromatic heterocycles. The van der Waals surface area contributed by atoms with Gasteiger partial charge in [-0.2, -0.15) is 0 Å². The van der Waals surface area contributed by atoms with E-state index >= 15 is 0 Å². The Hall–Kier alpha value is -0.970. The molecule has 19 heavy (non-hydrogen) atoms. The van der Waals surface area contributed by atoms with Gasteiger partial charge < -0.3 is 19.2 Å². The summed E-state index contributed by atoms with van der Waals surface area (Å²) in [6, 6.07) is 7.87. The van der Waals surface area contributed by atoms with Gasteiger partial charge in [0.15, 0.2) is 0 Å². The number of nitrogens with zero attached hydrogens (tertiary/aromatic N) is 1. The molecule has 5 heteroatoms. The molecule has 0 spiro atoms. The van der Waals surface area contributed by atoms with Crippen LogP contribution in [0.4, 0.5) is 0 Å². The molecule has 0 aliphatic carbocycles. The third-order valence-corrected chi connectivity index (χ3v) is 2.93. The Morgan fingerprint density at radius 2 is 2.11 bits per heavy atom. The van der Waals surface area contributed by atoms with E-state index in [1.54, 1.807) is 0 Å². The largest absolute Gasteiger partial charge is 1.00 e. The number of rotatable bonds is 5. The number of aryl methyl sites for hydroxylation is 2. The minimum atomic E-state index is -1.03. The summed E-state index contributed by atoms with van der Waals surface area (Å²) >= 11 is 0. The summed E-state index contributed by atoms with van der Waals surface area (Å²) < 4.78 is 7.43.